The Morgan fingerprint density at radius 3 is 3.05 bits per heavy atom. The minimum absolute atomic E-state index is 0.244. The number of nitrogens with zero attached hydrogens (tertiary/aromatic N) is 1. The lowest BCUT2D eigenvalue weighted by Gasteiger charge is -2.20. The Labute approximate surface area is 118 Å². The van der Waals surface area contributed by atoms with E-state index in [-0.39, 0.29) is 6.54 Å². The average Bonchev–Trinajstić information content (AvgIpc) is 2.91. The summed E-state index contributed by atoms with van der Waals surface area (Å²) in [5, 5.41) is 17.1. The van der Waals surface area contributed by atoms with Crippen molar-refractivity contribution >= 4 is 17.3 Å². The SMILES string of the molecule is CCOCCCNC(N)=NCC(C)(O)c1ccsc1. The Morgan fingerprint density at radius 1 is 1.63 bits per heavy atom. The van der Waals surface area contributed by atoms with Crippen LogP contribution < -0.4 is 11.1 Å². The fourth-order valence-corrected chi connectivity index (χ4v) is 2.28. The molecule has 1 atom stereocenters. The maximum absolute atomic E-state index is 10.3. The van der Waals surface area contributed by atoms with E-state index in [0.29, 0.717) is 12.6 Å². The van der Waals surface area contributed by atoms with Gasteiger partial charge in [0.05, 0.1) is 6.54 Å². The highest BCUT2D eigenvalue weighted by atomic mass is 32.1. The molecule has 1 heterocycles. The third kappa shape index (κ3) is 6.04. The van der Waals surface area contributed by atoms with E-state index >= 15 is 0 Å². The molecule has 6 heteroatoms. The first-order valence-electron chi connectivity index (χ1n) is 6.43. The van der Waals surface area contributed by atoms with Crippen molar-refractivity contribution in [3.8, 4) is 0 Å². The minimum atomic E-state index is -0.975. The second-order valence-electron chi connectivity index (χ2n) is 4.46. The van der Waals surface area contributed by atoms with Gasteiger partial charge in [0.15, 0.2) is 5.96 Å². The molecule has 0 amide bonds. The summed E-state index contributed by atoms with van der Waals surface area (Å²) in [5.74, 6) is 0.354. The molecule has 0 aromatic carbocycles. The zero-order valence-corrected chi connectivity index (χ0v) is 12.4. The lowest BCUT2D eigenvalue weighted by molar-refractivity contribution is 0.0677. The summed E-state index contributed by atoms with van der Waals surface area (Å²) >= 11 is 1.55. The first-order valence-corrected chi connectivity index (χ1v) is 7.37. The molecule has 19 heavy (non-hydrogen) atoms. The number of hydrogen-bond donors (Lipinski definition) is 3. The van der Waals surface area contributed by atoms with E-state index in [1.54, 1.807) is 18.3 Å². The number of guanidine groups is 1. The molecule has 0 bridgehead atoms. The zero-order chi connectivity index (χ0) is 14.1. The van der Waals surface area contributed by atoms with Crippen molar-refractivity contribution in [3.05, 3.63) is 22.4 Å². The molecule has 108 valence electrons. The molecule has 1 unspecified atom stereocenters. The number of nitrogens with one attached hydrogen (secondary N) is 1. The van der Waals surface area contributed by atoms with Crippen LogP contribution in [0.5, 0.6) is 0 Å². The van der Waals surface area contributed by atoms with Gasteiger partial charge in [-0.05, 0) is 42.7 Å². The summed E-state index contributed by atoms with van der Waals surface area (Å²) in [6.07, 6.45) is 0.880. The summed E-state index contributed by atoms with van der Waals surface area (Å²) in [6.45, 7) is 6.11. The Bertz CT molecular complexity index is 377. The number of nitrogens with two attached hydrogens (primary N) is 1. The van der Waals surface area contributed by atoms with Crippen molar-refractivity contribution in [3.63, 3.8) is 0 Å². The van der Waals surface area contributed by atoms with Crippen LogP contribution in [-0.4, -0.2) is 37.4 Å². The van der Waals surface area contributed by atoms with E-state index in [0.717, 1.165) is 25.1 Å². The van der Waals surface area contributed by atoms with E-state index in [2.05, 4.69) is 10.3 Å². The van der Waals surface area contributed by atoms with Gasteiger partial charge < -0.3 is 20.9 Å². The summed E-state index contributed by atoms with van der Waals surface area (Å²) in [6, 6.07) is 1.89. The molecule has 1 aromatic heterocycles. The first-order chi connectivity index (χ1) is 9.06. The number of aliphatic hydroxyl groups is 1. The molecular formula is C13H23N3O2S. The monoisotopic (exact) mass is 285 g/mol. The predicted molar refractivity (Wildman–Crippen MR) is 79.5 cm³/mol. The molecule has 0 aliphatic heterocycles. The first kappa shape index (κ1) is 15.9. The third-order valence-corrected chi connectivity index (χ3v) is 3.36. The van der Waals surface area contributed by atoms with Crippen molar-refractivity contribution in [2.24, 2.45) is 10.7 Å². The predicted octanol–water partition coefficient (Wildman–Crippen LogP) is 1.29. The van der Waals surface area contributed by atoms with Crippen molar-refractivity contribution in [2.75, 3.05) is 26.3 Å². The van der Waals surface area contributed by atoms with Gasteiger partial charge in [0.2, 0.25) is 0 Å². The molecule has 0 fully saturated rings. The number of hydrogen-bond acceptors (Lipinski definition) is 4. The summed E-state index contributed by atoms with van der Waals surface area (Å²) in [4.78, 5) is 4.17. The van der Waals surface area contributed by atoms with Crippen LogP contribution in [0.25, 0.3) is 0 Å². The molecule has 5 nitrogen and oxygen atoms in total. The molecule has 0 aliphatic carbocycles. The molecule has 1 aromatic rings. The van der Waals surface area contributed by atoms with Crippen LogP contribution in [0, 0.1) is 0 Å². The van der Waals surface area contributed by atoms with Crippen molar-refractivity contribution in [1.29, 1.82) is 0 Å². The van der Waals surface area contributed by atoms with E-state index in [9.17, 15) is 5.11 Å². The maximum Gasteiger partial charge on any atom is 0.188 e. The summed E-state index contributed by atoms with van der Waals surface area (Å²) in [5.41, 5.74) is 5.63. The topological polar surface area (TPSA) is 79.9 Å². The van der Waals surface area contributed by atoms with Gasteiger partial charge in [-0.3, -0.25) is 4.99 Å². The number of aliphatic imine (C=N–C) groups is 1. The Balaban J connectivity index is 2.31. The van der Waals surface area contributed by atoms with Crippen LogP contribution in [0.4, 0.5) is 0 Å². The fourth-order valence-electron chi connectivity index (χ4n) is 1.49. The fraction of sp³-hybridized carbons (Fsp3) is 0.615. The van der Waals surface area contributed by atoms with E-state index in [1.807, 2.05) is 23.8 Å². The van der Waals surface area contributed by atoms with Crippen LogP contribution in [0.15, 0.2) is 21.8 Å². The maximum atomic E-state index is 10.3. The van der Waals surface area contributed by atoms with Gasteiger partial charge in [0.1, 0.15) is 5.60 Å². The van der Waals surface area contributed by atoms with Crippen LogP contribution in [-0.2, 0) is 10.3 Å². The summed E-state index contributed by atoms with van der Waals surface area (Å²) < 4.78 is 5.22. The van der Waals surface area contributed by atoms with Gasteiger partial charge in [-0.1, -0.05) is 0 Å². The normalized spacial score (nSPS) is 15.2. The smallest absolute Gasteiger partial charge is 0.188 e. The quantitative estimate of drug-likeness (QED) is 0.382. The number of ether oxygens (including phenoxy) is 1. The minimum Gasteiger partial charge on any atom is -0.383 e. The highest BCUT2D eigenvalue weighted by Crippen LogP contribution is 2.22. The van der Waals surface area contributed by atoms with Crippen LogP contribution in [0.1, 0.15) is 25.8 Å². The lowest BCUT2D eigenvalue weighted by Crippen LogP contribution is -2.35. The molecule has 0 saturated heterocycles. The second kappa shape index (κ2) is 8.14. The molecule has 1 rings (SSSR count). The molecular weight excluding hydrogens is 262 g/mol. The second-order valence-corrected chi connectivity index (χ2v) is 5.24. The van der Waals surface area contributed by atoms with Gasteiger partial charge >= 0.3 is 0 Å². The Hall–Kier alpha value is -1.11. The van der Waals surface area contributed by atoms with Gasteiger partial charge in [-0.15, -0.1) is 0 Å². The van der Waals surface area contributed by atoms with Crippen LogP contribution in [0.3, 0.4) is 0 Å². The molecule has 0 saturated carbocycles. The highest BCUT2D eigenvalue weighted by Gasteiger charge is 2.22. The average molecular weight is 285 g/mol. The van der Waals surface area contributed by atoms with Crippen LogP contribution >= 0.6 is 11.3 Å². The largest absolute Gasteiger partial charge is 0.383 e. The lowest BCUT2D eigenvalue weighted by atomic mass is 10.00. The van der Waals surface area contributed by atoms with Crippen molar-refractivity contribution < 1.29 is 9.84 Å². The summed E-state index contributed by atoms with van der Waals surface area (Å²) in [7, 11) is 0. The van der Waals surface area contributed by atoms with Gasteiger partial charge in [0, 0.05) is 19.8 Å². The Kier molecular flexibility index (Phi) is 6.83. The van der Waals surface area contributed by atoms with Gasteiger partial charge in [-0.25, -0.2) is 0 Å². The third-order valence-electron chi connectivity index (χ3n) is 2.68. The standard InChI is InChI=1S/C13H23N3O2S/c1-3-18-7-4-6-15-12(14)16-10-13(2,17)11-5-8-19-9-11/h5,8-9,17H,3-4,6-7,10H2,1-2H3,(H3,14,15,16). The van der Waals surface area contributed by atoms with Crippen molar-refractivity contribution in [2.45, 2.75) is 25.9 Å². The van der Waals surface area contributed by atoms with E-state index in [1.165, 1.54) is 0 Å². The molecule has 0 aliphatic rings. The molecule has 0 radical (unpaired) electrons. The van der Waals surface area contributed by atoms with E-state index < -0.39 is 5.60 Å². The Morgan fingerprint density at radius 2 is 2.42 bits per heavy atom. The number of thiophene rings is 1. The van der Waals surface area contributed by atoms with E-state index in [4.69, 9.17) is 10.5 Å². The van der Waals surface area contributed by atoms with Gasteiger partial charge in [-0.2, -0.15) is 11.3 Å². The number of rotatable bonds is 8. The van der Waals surface area contributed by atoms with Crippen molar-refractivity contribution in [1.82, 2.24) is 5.32 Å². The molecule has 0 spiro atoms. The van der Waals surface area contributed by atoms with Crippen LogP contribution in [0.2, 0.25) is 0 Å². The highest BCUT2D eigenvalue weighted by molar-refractivity contribution is 7.08. The molecule has 4 N–H and O–H groups in total. The van der Waals surface area contributed by atoms with Gasteiger partial charge in [0.25, 0.3) is 0 Å². The zero-order valence-electron chi connectivity index (χ0n) is 11.6.